The van der Waals surface area contributed by atoms with Gasteiger partial charge in [-0.25, -0.2) is 8.78 Å². The summed E-state index contributed by atoms with van der Waals surface area (Å²) < 4.78 is 27.2. The van der Waals surface area contributed by atoms with Crippen LogP contribution in [0.3, 0.4) is 0 Å². The Kier molecular flexibility index (Phi) is 6.83. The Balaban J connectivity index is 1.47. The Morgan fingerprint density at radius 3 is 2.30 bits per heavy atom. The lowest BCUT2D eigenvalue weighted by Crippen LogP contribution is -2.50. The zero-order chi connectivity index (χ0) is 23.6. The van der Waals surface area contributed by atoms with Gasteiger partial charge in [0.15, 0.2) is 0 Å². The molecule has 1 heterocycles. The molecule has 0 amide bonds. The van der Waals surface area contributed by atoms with Gasteiger partial charge in [-0.3, -0.25) is 4.90 Å². The molecule has 0 aromatic heterocycles. The fourth-order valence-corrected chi connectivity index (χ4v) is 5.23. The average molecular weight is 465 g/mol. The second kappa shape index (κ2) is 9.63. The molecule has 5 heteroatoms. The van der Waals surface area contributed by atoms with Crippen molar-refractivity contribution in [3.05, 3.63) is 106 Å². The number of nitriles is 1. The molecular formula is C28H27ClF2N2. The van der Waals surface area contributed by atoms with Gasteiger partial charge >= 0.3 is 0 Å². The molecule has 1 aliphatic rings. The lowest BCUT2D eigenvalue weighted by molar-refractivity contribution is 0.0400. The smallest absolute Gasteiger partial charge is 0.126 e. The molecule has 0 radical (unpaired) electrons. The summed E-state index contributed by atoms with van der Waals surface area (Å²) in [5.74, 6) is -0.561. The Bertz CT molecular complexity index is 1140. The highest BCUT2D eigenvalue weighted by Crippen LogP contribution is 2.40. The zero-order valence-electron chi connectivity index (χ0n) is 18.9. The van der Waals surface area contributed by atoms with Crippen LogP contribution >= 0.6 is 11.6 Å². The van der Waals surface area contributed by atoms with Crippen LogP contribution in [0.15, 0.2) is 66.7 Å². The van der Waals surface area contributed by atoms with Crippen LogP contribution < -0.4 is 0 Å². The maximum absolute atomic E-state index is 13.6. The monoisotopic (exact) mass is 464 g/mol. The maximum atomic E-state index is 13.6. The molecule has 33 heavy (non-hydrogen) atoms. The molecule has 0 saturated carbocycles. The molecule has 3 aromatic carbocycles. The van der Waals surface area contributed by atoms with E-state index in [2.05, 4.69) is 30.9 Å². The zero-order valence-corrected chi connectivity index (χ0v) is 19.6. The Hall–Kier alpha value is -2.74. The van der Waals surface area contributed by atoms with Crippen LogP contribution in [-0.4, -0.2) is 18.0 Å². The molecule has 170 valence electrons. The molecule has 2 nitrogen and oxygen atoms in total. The summed E-state index contributed by atoms with van der Waals surface area (Å²) in [5, 5.41) is 10.1. The van der Waals surface area contributed by atoms with E-state index in [0.717, 1.165) is 36.7 Å². The minimum Gasteiger partial charge on any atom is -0.292 e. The number of halogens is 3. The number of hydrogen-bond acceptors (Lipinski definition) is 2. The van der Waals surface area contributed by atoms with Gasteiger partial charge in [0, 0.05) is 24.2 Å². The number of benzene rings is 3. The largest absolute Gasteiger partial charge is 0.292 e. The van der Waals surface area contributed by atoms with Gasteiger partial charge < -0.3 is 0 Å². The molecule has 1 aliphatic heterocycles. The summed E-state index contributed by atoms with van der Waals surface area (Å²) in [4.78, 5) is 2.42. The molecule has 0 bridgehead atoms. The molecule has 1 unspecified atom stereocenters. The van der Waals surface area contributed by atoms with Crippen LogP contribution in [0.2, 0.25) is 5.02 Å². The lowest BCUT2D eigenvalue weighted by Gasteiger charge is -2.47. The van der Waals surface area contributed by atoms with Crippen molar-refractivity contribution in [3.8, 4) is 6.07 Å². The summed E-state index contributed by atoms with van der Waals surface area (Å²) in [6.45, 7) is 6.16. The first-order valence-corrected chi connectivity index (χ1v) is 11.5. The van der Waals surface area contributed by atoms with E-state index in [1.165, 1.54) is 12.1 Å². The van der Waals surface area contributed by atoms with Crippen LogP contribution in [0.5, 0.6) is 0 Å². The summed E-state index contributed by atoms with van der Waals surface area (Å²) in [5.41, 5.74) is 3.49. The van der Waals surface area contributed by atoms with Crippen molar-refractivity contribution in [1.29, 1.82) is 5.26 Å². The highest BCUT2D eigenvalue weighted by Gasteiger charge is 2.37. The van der Waals surface area contributed by atoms with Crippen LogP contribution in [-0.2, 0) is 6.42 Å². The maximum Gasteiger partial charge on any atom is 0.126 e. The van der Waals surface area contributed by atoms with E-state index >= 15 is 0 Å². The quantitative estimate of drug-likeness (QED) is 0.370. The minimum atomic E-state index is -0.527. The molecule has 0 aliphatic carbocycles. The van der Waals surface area contributed by atoms with E-state index in [4.69, 9.17) is 11.6 Å². The number of likely N-dealkylation sites (tertiary alicyclic amines) is 1. The van der Waals surface area contributed by atoms with Crippen molar-refractivity contribution in [2.24, 2.45) is 11.3 Å². The predicted octanol–water partition coefficient (Wildman–Crippen LogP) is 7.17. The second-order valence-corrected chi connectivity index (χ2v) is 10.3. The van der Waals surface area contributed by atoms with E-state index in [1.54, 1.807) is 0 Å². The average Bonchev–Trinajstić information content (AvgIpc) is 2.72. The van der Waals surface area contributed by atoms with Gasteiger partial charge in [-0.1, -0.05) is 49.7 Å². The highest BCUT2D eigenvalue weighted by atomic mass is 35.5. The first-order valence-electron chi connectivity index (χ1n) is 11.2. The van der Waals surface area contributed by atoms with Gasteiger partial charge in [0.2, 0.25) is 0 Å². The van der Waals surface area contributed by atoms with Crippen LogP contribution in [0.4, 0.5) is 8.78 Å². The fraction of sp³-hybridized carbons (Fsp3) is 0.321. The molecule has 0 N–H and O–H groups in total. The van der Waals surface area contributed by atoms with Gasteiger partial charge in [0.05, 0.1) is 17.7 Å². The van der Waals surface area contributed by atoms with E-state index in [1.807, 2.05) is 42.5 Å². The summed E-state index contributed by atoms with van der Waals surface area (Å²) in [6, 6.07) is 21.7. The Labute approximate surface area is 199 Å². The van der Waals surface area contributed by atoms with Crippen molar-refractivity contribution < 1.29 is 8.78 Å². The van der Waals surface area contributed by atoms with Crippen molar-refractivity contribution in [1.82, 2.24) is 4.90 Å². The number of hydrogen-bond donors (Lipinski definition) is 0. The van der Waals surface area contributed by atoms with E-state index in [-0.39, 0.29) is 11.5 Å². The topological polar surface area (TPSA) is 27.0 Å². The molecule has 1 atom stereocenters. The Morgan fingerprint density at radius 2 is 1.67 bits per heavy atom. The second-order valence-electron chi connectivity index (χ2n) is 9.83. The highest BCUT2D eigenvalue weighted by molar-refractivity contribution is 6.30. The van der Waals surface area contributed by atoms with E-state index in [9.17, 15) is 14.0 Å². The third kappa shape index (κ3) is 5.79. The van der Waals surface area contributed by atoms with Gasteiger partial charge in [-0.2, -0.15) is 5.26 Å². The summed E-state index contributed by atoms with van der Waals surface area (Å²) in [7, 11) is 0. The number of nitrogens with zero attached hydrogens (tertiary/aromatic N) is 2. The summed E-state index contributed by atoms with van der Waals surface area (Å²) >= 11 is 6.12. The van der Waals surface area contributed by atoms with Gasteiger partial charge in [-0.05, 0) is 77.3 Å². The van der Waals surface area contributed by atoms with Gasteiger partial charge in [0.1, 0.15) is 11.6 Å². The van der Waals surface area contributed by atoms with Crippen molar-refractivity contribution in [2.75, 3.05) is 13.1 Å². The van der Waals surface area contributed by atoms with Crippen LogP contribution in [0.25, 0.3) is 0 Å². The molecule has 1 saturated heterocycles. The van der Waals surface area contributed by atoms with Crippen molar-refractivity contribution >= 4 is 11.6 Å². The molecule has 3 aromatic rings. The van der Waals surface area contributed by atoms with E-state index in [0.29, 0.717) is 28.5 Å². The Morgan fingerprint density at radius 1 is 1.00 bits per heavy atom. The SMILES string of the molecule is CC(C)(Cc1cc(F)cc(F)c1)CC1CN(C(c2ccc(Cl)cc2)c2cccc(C#N)c2)C1. The molecular weight excluding hydrogens is 438 g/mol. The summed E-state index contributed by atoms with van der Waals surface area (Å²) in [6.07, 6.45) is 1.59. The predicted molar refractivity (Wildman–Crippen MR) is 128 cm³/mol. The first-order chi connectivity index (χ1) is 15.7. The first kappa shape index (κ1) is 23.4. The lowest BCUT2D eigenvalue weighted by atomic mass is 9.75. The van der Waals surface area contributed by atoms with Gasteiger partial charge in [0.25, 0.3) is 0 Å². The fourth-order valence-electron chi connectivity index (χ4n) is 5.11. The third-order valence-electron chi connectivity index (χ3n) is 6.31. The molecule has 0 spiro atoms. The molecule has 1 fully saturated rings. The standard InChI is InChI=1S/C28H27ClF2N2/c1-28(2,14-20-11-25(30)13-26(31)12-20)15-21-17-33(18-21)27(22-6-8-24(29)9-7-22)23-5-3-4-19(10-23)16-32/h3-13,21,27H,14-15,17-18H2,1-2H3. The van der Waals surface area contributed by atoms with Crippen LogP contribution in [0, 0.1) is 34.3 Å². The van der Waals surface area contributed by atoms with Crippen LogP contribution in [0.1, 0.15) is 48.6 Å². The van der Waals surface area contributed by atoms with Gasteiger partial charge in [-0.15, -0.1) is 0 Å². The normalized spacial score (nSPS) is 15.6. The van der Waals surface area contributed by atoms with Crippen molar-refractivity contribution in [2.45, 2.75) is 32.7 Å². The minimum absolute atomic E-state index is 0.0484. The van der Waals surface area contributed by atoms with E-state index < -0.39 is 11.6 Å². The van der Waals surface area contributed by atoms with Crippen molar-refractivity contribution in [3.63, 3.8) is 0 Å². The third-order valence-corrected chi connectivity index (χ3v) is 6.57. The number of rotatable bonds is 7. The molecule has 4 rings (SSSR count).